The van der Waals surface area contributed by atoms with Crippen LogP contribution in [0.15, 0.2) is 23.5 Å². The molecule has 76 valence electrons. The Labute approximate surface area is 74.5 Å². The molecule has 0 saturated heterocycles. The first-order valence-electron chi connectivity index (χ1n) is 2.75. The molecule has 0 atom stereocenters. The average molecular weight is 225 g/mol. The standard InChI is InChI=1S/C6H3ClF6/c1-3(8)6(12,13)4(7)2-5(9,10)11/h2H,1H2. The lowest BCUT2D eigenvalue weighted by molar-refractivity contribution is -0.0822. The molecule has 0 aliphatic rings. The van der Waals surface area contributed by atoms with Gasteiger partial charge < -0.3 is 0 Å². The van der Waals surface area contributed by atoms with Crippen molar-refractivity contribution in [3.8, 4) is 0 Å². The fourth-order valence-electron chi connectivity index (χ4n) is 0.364. The van der Waals surface area contributed by atoms with Crippen LogP contribution in [0.2, 0.25) is 0 Å². The molecule has 0 spiro atoms. The Morgan fingerprint density at radius 1 is 1.15 bits per heavy atom. The predicted molar refractivity (Wildman–Crippen MR) is 35.2 cm³/mol. The third-order valence-electron chi connectivity index (χ3n) is 0.931. The Morgan fingerprint density at radius 2 is 1.54 bits per heavy atom. The zero-order chi connectivity index (χ0) is 10.9. The molecule has 0 radical (unpaired) electrons. The van der Waals surface area contributed by atoms with Gasteiger partial charge >= 0.3 is 12.1 Å². The van der Waals surface area contributed by atoms with Crippen molar-refractivity contribution >= 4 is 11.6 Å². The van der Waals surface area contributed by atoms with Gasteiger partial charge in [-0.25, -0.2) is 4.39 Å². The van der Waals surface area contributed by atoms with Gasteiger partial charge in [-0.1, -0.05) is 18.2 Å². The van der Waals surface area contributed by atoms with Crippen LogP contribution in [-0.2, 0) is 0 Å². The molecule has 0 unspecified atom stereocenters. The number of alkyl halides is 5. The Morgan fingerprint density at radius 3 is 1.77 bits per heavy atom. The third kappa shape index (κ3) is 3.71. The summed E-state index contributed by atoms with van der Waals surface area (Å²) in [5.41, 5.74) is 0. The van der Waals surface area contributed by atoms with Crippen LogP contribution in [0.25, 0.3) is 0 Å². The van der Waals surface area contributed by atoms with E-state index < -0.39 is 29.0 Å². The van der Waals surface area contributed by atoms with E-state index >= 15 is 0 Å². The Hall–Kier alpha value is -0.650. The first kappa shape index (κ1) is 12.3. The molecule has 0 saturated carbocycles. The largest absolute Gasteiger partial charge is 0.411 e. The van der Waals surface area contributed by atoms with Crippen LogP contribution in [0.3, 0.4) is 0 Å². The van der Waals surface area contributed by atoms with E-state index in [0.29, 0.717) is 0 Å². The zero-order valence-electron chi connectivity index (χ0n) is 5.93. The van der Waals surface area contributed by atoms with Gasteiger partial charge in [0.25, 0.3) is 0 Å². The Kier molecular flexibility index (Phi) is 3.43. The molecular weight excluding hydrogens is 222 g/mol. The zero-order valence-corrected chi connectivity index (χ0v) is 6.69. The topological polar surface area (TPSA) is 0 Å². The van der Waals surface area contributed by atoms with E-state index in [2.05, 4.69) is 18.2 Å². The van der Waals surface area contributed by atoms with Crippen LogP contribution in [0.4, 0.5) is 26.3 Å². The van der Waals surface area contributed by atoms with Gasteiger partial charge in [-0.2, -0.15) is 22.0 Å². The summed E-state index contributed by atoms with van der Waals surface area (Å²) in [5, 5.41) is -1.95. The van der Waals surface area contributed by atoms with Gasteiger partial charge in [0.15, 0.2) is 5.83 Å². The van der Waals surface area contributed by atoms with Gasteiger partial charge in [0, 0.05) is 6.08 Å². The highest BCUT2D eigenvalue weighted by Crippen LogP contribution is 2.36. The van der Waals surface area contributed by atoms with Crippen molar-refractivity contribution in [1.82, 2.24) is 0 Å². The van der Waals surface area contributed by atoms with E-state index in [0.717, 1.165) is 0 Å². The second-order valence-electron chi connectivity index (χ2n) is 2.01. The lowest BCUT2D eigenvalue weighted by Crippen LogP contribution is -2.19. The van der Waals surface area contributed by atoms with Crippen molar-refractivity contribution < 1.29 is 26.3 Å². The Bertz CT molecular complexity index is 238. The fourth-order valence-corrected chi connectivity index (χ4v) is 0.590. The number of halogens is 7. The predicted octanol–water partition coefficient (Wildman–Crippen LogP) is 3.79. The number of allylic oxidation sites excluding steroid dienone is 3. The summed E-state index contributed by atoms with van der Waals surface area (Å²) in [6.07, 6.45) is -5.91. The maximum Gasteiger partial charge on any atom is 0.411 e. The quantitative estimate of drug-likeness (QED) is 0.626. The minimum atomic E-state index is -5.02. The van der Waals surface area contributed by atoms with Crippen LogP contribution in [0.5, 0.6) is 0 Å². The van der Waals surface area contributed by atoms with Gasteiger partial charge in [0.05, 0.1) is 5.03 Å². The summed E-state index contributed by atoms with van der Waals surface area (Å²) in [5.74, 6) is -6.73. The minimum Gasteiger partial charge on any atom is -0.205 e. The number of hydrogen-bond acceptors (Lipinski definition) is 0. The molecule has 0 rings (SSSR count). The molecule has 0 bridgehead atoms. The molecule has 0 fully saturated rings. The van der Waals surface area contributed by atoms with E-state index in [1.54, 1.807) is 0 Å². The smallest absolute Gasteiger partial charge is 0.205 e. The molecule has 0 aromatic rings. The van der Waals surface area contributed by atoms with Gasteiger partial charge in [-0.15, -0.1) is 0 Å². The SMILES string of the molecule is C=C(F)C(F)(F)C(Cl)=CC(F)(F)F. The fraction of sp³-hybridized carbons (Fsp3) is 0.333. The molecule has 7 heteroatoms. The molecular formula is C6H3ClF6. The molecule has 0 nitrogen and oxygen atoms in total. The van der Waals surface area contributed by atoms with Crippen molar-refractivity contribution in [2.75, 3.05) is 0 Å². The van der Waals surface area contributed by atoms with E-state index in [-0.39, 0.29) is 0 Å². The molecule has 0 amide bonds. The maximum absolute atomic E-state index is 12.3. The van der Waals surface area contributed by atoms with Crippen LogP contribution in [0.1, 0.15) is 0 Å². The van der Waals surface area contributed by atoms with E-state index in [1.807, 2.05) is 0 Å². The van der Waals surface area contributed by atoms with Crippen molar-refractivity contribution in [1.29, 1.82) is 0 Å². The summed E-state index contributed by atoms with van der Waals surface area (Å²) in [4.78, 5) is 0. The molecule has 0 aromatic heterocycles. The van der Waals surface area contributed by atoms with E-state index in [9.17, 15) is 26.3 Å². The minimum absolute atomic E-state index is 0.890. The second-order valence-corrected chi connectivity index (χ2v) is 2.42. The maximum atomic E-state index is 12.3. The van der Waals surface area contributed by atoms with Crippen molar-refractivity contribution in [2.24, 2.45) is 0 Å². The highest BCUT2D eigenvalue weighted by atomic mass is 35.5. The van der Waals surface area contributed by atoms with Gasteiger partial charge in [-0.05, 0) is 0 Å². The van der Waals surface area contributed by atoms with Gasteiger partial charge in [0.2, 0.25) is 0 Å². The average Bonchev–Trinajstić information content (AvgIpc) is 1.82. The van der Waals surface area contributed by atoms with Gasteiger partial charge in [-0.3, -0.25) is 0 Å². The van der Waals surface area contributed by atoms with Crippen molar-refractivity contribution in [2.45, 2.75) is 12.1 Å². The summed E-state index contributed by atoms with van der Waals surface area (Å²) in [7, 11) is 0. The first-order chi connectivity index (χ1) is 5.57. The summed E-state index contributed by atoms with van der Waals surface area (Å²) in [6.45, 7) is 2.17. The highest BCUT2D eigenvalue weighted by Gasteiger charge is 2.41. The third-order valence-corrected chi connectivity index (χ3v) is 1.28. The van der Waals surface area contributed by atoms with E-state index in [1.165, 1.54) is 0 Å². The number of hydrogen-bond donors (Lipinski definition) is 0. The molecule has 0 heterocycles. The van der Waals surface area contributed by atoms with Crippen LogP contribution < -0.4 is 0 Å². The monoisotopic (exact) mass is 224 g/mol. The lowest BCUT2D eigenvalue weighted by Gasteiger charge is -2.12. The summed E-state index contributed by atoms with van der Waals surface area (Å²) in [6, 6.07) is 0. The second kappa shape index (κ2) is 3.61. The summed E-state index contributed by atoms with van der Waals surface area (Å²) >= 11 is 4.54. The van der Waals surface area contributed by atoms with Crippen LogP contribution in [-0.4, -0.2) is 12.1 Å². The van der Waals surface area contributed by atoms with E-state index in [4.69, 9.17) is 0 Å². The van der Waals surface area contributed by atoms with Gasteiger partial charge in [0.1, 0.15) is 0 Å². The van der Waals surface area contributed by atoms with Crippen LogP contribution in [0, 0.1) is 0 Å². The molecule has 0 aliphatic carbocycles. The Balaban J connectivity index is 4.89. The van der Waals surface area contributed by atoms with Crippen LogP contribution >= 0.6 is 11.6 Å². The molecule has 0 aromatic carbocycles. The lowest BCUT2D eigenvalue weighted by atomic mass is 10.2. The highest BCUT2D eigenvalue weighted by molar-refractivity contribution is 6.30. The normalized spacial score (nSPS) is 14.5. The molecule has 13 heavy (non-hydrogen) atoms. The van der Waals surface area contributed by atoms with Crippen molar-refractivity contribution in [3.05, 3.63) is 23.5 Å². The first-order valence-corrected chi connectivity index (χ1v) is 3.13. The molecule has 0 aliphatic heterocycles. The molecule has 0 N–H and O–H groups in total. The summed E-state index contributed by atoms with van der Waals surface area (Å²) < 4.78 is 70.8. The van der Waals surface area contributed by atoms with Crippen molar-refractivity contribution in [3.63, 3.8) is 0 Å². The number of rotatable bonds is 2.